The summed E-state index contributed by atoms with van der Waals surface area (Å²) in [5.41, 5.74) is 1.16. The van der Waals surface area contributed by atoms with Gasteiger partial charge in [-0.05, 0) is 31.7 Å². The van der Waals surface area contributed by atoms with E-state index in [2.05, 4.69) is 5.10 Å². The summed E-state index contributed by atoms with van der Waals surface area (Å²) in [7, 11) is 0. The number of rotatable bonds is 1. The molecular weight excluding hydrogens is 152 g/mol. The van der Waals surface area contributed by atoms with Crippen molar-refractivity contribution in [2.24, 2.45) is 0 Å². The maximum atomic E-state index is 9.59. The first-order valence-electron chi connectivity index (χ1n) is 4.46. The summed E-state index contributed by atoms with van der Waals surface area (Å²) >= 11 is 0. The van der Waals surface area contributed by atoms with Crippen LogP contribution >= 0.6 is 0 Å². The molecule has 1 aliphatic carbocycles. The quantitative estimate of drug-likeness (QED) is 0.682. The monoisotopic (exact) mass is 166 g/mol. The Labute approximate surface area is 72.0 Å². The van der Waals surface area contributed by atoms with Gasteiger partial charge in [0.2, 0.25) is 0 Å². The van der Waals surface area contributed by atoms with Crippen LogP contribution < -0.4 is 0 Å². The molecule has 1 fully saturated rings. The van der Waals surface area contributed by atoms with Crippen LogP contribution in [0.3, 0.4) is 0 Å². The summed E-state index contributed by atoms with van der Waals surface area (Å²) in [5, 5.41) is 13.8. The molecular formula is C9H14N2O. The summed E-state index contributed by atoms with van der Waals surface area (Å²) in [6, 6.07) is 0.221. The molecule has 2 rings (SSSR count). The zero-order chi connectivity index (χ0) is 8.55. The van der Waals surface area contributed by atoms with E-state index in [1.807, 2.05) is 24.0 Å². The standard InChI is InChI=1S/C9H14N2O/c1-7-5-10-11(6-7)8-3-2-4-9(8)12/h5-6,8-9,12H,2-4H2,1H3. The van der Waals surface area contributed by atoms with Gasteiger partial charge < -0.3 is 5.11 Å². The smallest absolute Gasteiger partial charge is 0.0778 e. The highest BCUT2D eigenvalue weighted by atomic mass is 16.3. The fourth-order valence-electron chi connectivity index (χ4n) is 1.84. The second-order valence-corrected chi connectivity index (χ2v) is 3.56. The van der Waals surface area contributed by atoms with Gasteiger partial charge in [-0.3, -0.25) is 4.68 Å². The third kappa shape index (κ3) is 1.25. The lowest BCUT2D eigenvalue weighted by molar-refractivity contribution is 0.130. The highest BCUT2D eigenvalue weighted by Crippen LogP contribution is 2.29. The minimum atomic E-state index is -0.190. The first-order valence-corrected chi connectivity index (χ1v) is 4.46. The van der Waals surface area contributed by atoms with E-state index < -0.39 is 0 Å². The van der Waals surface area contributed by atoms with Gasteiger partial charge in [-0.15, -0.1) is 0 Å². The van der Waals surface area contributed by atoms with E-state index >= 15 is 0 Å². The molecule has 1 aliphatic rings. The Hall–Kier alpha value is -0.830. The number of aliphatic hydroxyl groups is 1. The predicted molar refractivity (Wildman–Crippen MR) is 45.9 cm³/mol. The normalized spacial score (nSPS) is 29.5. The molecule has 1 aromatic heterocycles. The van der Waals surface area contributed by atoms with Crippen molar-refractivity contribution in [3.05, 3.63) is 18.0 Å². The number of aryl methyl sites for hydroxylation is 1. The number of nitrogens with zero attached hydrogens (tertiary/aromatic N) is 2. The fraction of sp³-hybridized carbons (Fsp3) is 0.667. The SMILES string of the molecule is Cc1cnn(C2CCCC2O)c1. The zero-order valence-corrected chi connectivity index (χ0v) is 7.27. The largest absolute Gasteiger partial charge is 0.391 e. The van der Waals surface area contributed by atoms with E-state index in [9.17, 15) is 5.11 Å². The molecule has 3 nitrogen and oxygen atoms in total. The van der Waals surface area contributed by atoms with Crippen molar-refractivity contribution in [3.8, 4) is 0 Å². The lowest BCUT2D eigenvalue weighted by Crippen LogP contribution is -2.18. The maximum absolute atomic E-state index is 9.59. The number of hydrogen-bond acceptors (Lipinski definition) is 2. The highest BCUT2D eigenvalue weighted by molar-refractivity contribution is 5.01. The van der Waals surface area contributed by atoms with Crippen molar-refractivity contribution in [1.29, 1.82) is 0 Å². The van der Waals surface area contributed by atoms with Gasteiger partial charge in [0.05, 0.1) is 18.3 Å². The van der Waals surface area contributed by atoms with Gasteiger partial charge >= 0.3 is 0 Å². The van der Waals surface area contributed by atoms with Crippen LogP contribution in [0, 0.1) is 6.92 Å². The number of aromatic nitrogens is 2. The van der Waals surface area contributed by atoms with Crippen molar-refractivity contribution in [1.82, 2.24) is 9.78 Å². The van der Waals surface area contributed by atoms with E-state index in [0.29, 0.717) is 0 Å². The summed E-state index contributed by atoms with van der Waals surface area (Å²) in [4.78, 5) is 0. The first kappa shape index (κ1) is 7.80. The van der Waals surface area contributed by atoms with Crippen LogP contribution in [0.15, 0.2) is 12.4 Å². The topological polar surface area (TPSA) is 38.0 Å². The van der Waals surface area contributed by atoms with E-state index in [-0.39, 0.29) is 12.1 Å². The third-order valence-corrected chi connectivity index (χ3v) is 2.51. The van der Waals surface area contributed by atoms with Crippen molar-refractivity contribution in [3.63, 3.8) is 0 Å². The molecule has 1 N–H and O–H groups in total. The molecule has 3 heteroatoms. The van der Waals surface area contributed by atoms with Gasteiger partial charge in [-0.2, -0.15) is 5.10 Å². The molecule has 0 bridgehead atoms. The number of hydrogen-bond donors (Lipinski definition) is 1. The fourth-order valence-corrected chi connectivity index (χ4v) is 1.84. The van der Waals surface area contributed by atoms with Gasteiger partial charge in [0.1, 0.15) is 0 Å². The van der Waals surface area contributed by atoms with Crippen LogP contribution in [0.2, 0.25) is 0 Å². The Morgan fingerprint density at radius 2 is 2.42 bits per heavy atom. The Morgan fingerprint density at radius 1 is 1.58 bits per heavy atom. The Bertz CT molecular complexity index is 269. The summed E-state index contributed by atoms with van der Waals surface area (Å²) < 4.78 is 1.90. The maximum Gasteiger partial charge on any atom is 0.0778 e. The van der Waals surface area contributed by atoms with Crippen molar-refractivity contribution in [2.45, 2.75) is 38.3 Å². The van der Waals surface area contributed by atoms with Crippen LogP contribution in [0.4, 0.5) is 0 Å². The number of aliphatic hydroxyl groups excluding tert-OH is 1. The lowest BCUT2D eigenvalue weighted by Gasteiger charge is -2.14. The molecule has 1 saturated carbocycles. The second-order valence-electron chi connectivity index (χ2n) is 3.56. The molecule has 0 saturated heterocycles. The minimum Gasteiger partial charge on any atom is -0.391 e. The summed E-state index contributed by atoms with van der Waals surface area (Å²) in [6.45, 7) is 2.02. The van der Waals surface area contributed by atoms with Crippen molar-refractivity contribution < 1.29 is 5.11 Å². The van der Waals surface area contributed by atoms with Gasteiger partial charge in [-0.25, -0.2) is 0 Å². The molecule has 0 aromatic carbocycles. The first-order chi connectivity index (χ1) is 5.77. The Balaban J connectivity index is 2.19. The van der Waals surface area contributed by atoms with Crippen LogP contribution in [-0.2, 0) is 0 Å². The zero-order valence-electron chi connectivity index (χ0n) is 7.27. The van der Waals surface area contributed by atoms with E-state index in [4.69, 9.17) is 0 Å². The average molecular weight is 166 g/mol. The van der Waals surface area contributed by atoms with Crippen LogP contribution in [-0.4, -0.2) is 21.0 Å². The lowest BCUT2D eigenvalue weighted by atomic mass is 10.2. The molecule has 0 radical (unpaired) electrons. The van der Waals surface area contributed by atoms with Crippen LogP contribution in [0.1, 0.15) is 30.9 Å². The molecule has 1 heterocycles. The van der Waals surface area contributed by atoms with E-state index in [0.717, 1.165) is 24.8 Å². The third-order valence-electron chi connectivity index (χ3n) is 2.51. The Kier molecular flexibility index (Phi) is 1.89. The van der Waals surface area contributed by atoms with Crippen molar-refractivity contribution >= 4 is 0 Å². The van der Waals surface area contributed by atoms with E-state index in [1.165, 1.54) is 0 Å². The van der Waals surface area contributed by atoms with Crippen LogP contribution in [0.25, 0.3) is 0 Å². The molecule has 12 heavy (non-hydrogen) atoms. The summed E-state index contributed by atoms with van der Waals surface area (Å²) in [5.74, 6) is 0. The molecule has 0 amide bonds. The molecule has 0 spiro atoms. The predicted octanol–water partition coefficient (Wildman–Crippen LogP) is 1.28. The van der Waals surface area contributed by atoms with Gasteiger partial charge in [-0.1, -0.05) is 0 Å². The molecule has 2 atom stereocenters. The minimum absolute atomic E-state index is 0.190. The van der Waals surface area contributed by atoms with Crippen LogP contribution in [0.5, 0.6) is 0 Å². The van der Waals surface area contributed by atoms with E-state index in [1.54, 1.807) is 0 Å². The van der Waals surface area contributed by atoms with Gasteiger partial charge in [0, 0.05) is 6.20 Å². The average Bonchev–Trinajstić information content (AvgIpc) is 2.58. The van der Waals surface area contributed by atoms with Gasteiger partial charge in [0.15, 0.2) is 0 Å². The second kappa shape index (κ2) is 2.90. The molecule has 1 aromatic rings. The Morgan fingerprint density at radius 3 is 2.92 bits per heavy atom. The molecule has 0 aliphatic heterocycles. The highest BCUT2D eigenvalue weighted by Gasteiger charge is 2.26. The van der Waals surface area contributed by atoms with Gasteiger partial charge in [0.25, 0.3) is 0 Å². The summed E-state index contributed by atoms with van der Waals surface area (Å²) in [6.07, 6.45) is 6.74. The molecule has 66 valence electrons. The van der Waals surface area contributed by atoms with Crippen molar-refractivity contribution in [2.75, 3.05) is 0 Å². The molecule has 2 unspecified atom stereocenters.